The predicted octanol–water partition coefficient (Wildman–Crippen LogP) is 4.22. The number of rotatable bonds is 6. The Bertz CT molecular complexity index is 1090. The Morgan fingerprint density at radius 2 is 1.84 bits per heavy atom. The van der Waals surface area contributed by atoms with Crippen LogP contribution < -0.4 is 10.1 Å². The summed E-state index contributed by atoms with van der Waals surface area (Å²) in [6.07, 6.45) is 2.23. The maximum Gasteiger partial charge on any atom is 0.422 e. The van der Waals surface area contributed by atoms with Gasteiger partial charge < -0.3 is 19.6 Å². The minimum atomic E-state index is -4.45. The van der Waals surface area contributed by atoms with Crippen molar-refractivity contribution < 1.29 is 27.8 Å². The van der Waals surface area contributed by atoms with Gasteiger partial charge in [0.15, 0.2) is 6.61 Å². The molecule has 1 aromatic carbocycles. The van der Waals surface area contributed by atoms with Gasteiger partial charge in [-0.15, -0.1) is 0 Å². The standard InChI is InChI=1S/C23H24F3N3O3/c24-23(25,26)14-32-20-6-2-1-4-17(20)18-5-3-11-29-12-19(28-21(18)29)22(31)27-16-9-7-15(13-30)8-10-16/h1-6,11-12,15-16,30H,7-10,13-14H2,(H,27,31). The van der Waals surface area contributed by atoms with E-state index < -0.39 is 12.8 Å². The van der Waals surface area contributed by atoms with Gasteiger partial charge in [0.25, 0.3) is 5.91 Å². The van der Waals surface area contributed by atoms with Crippen molar-refractivity contribution in [3.63, 3.8) is 0 Å². The third kappa shape index (κ3) is 5.04. The van der Waals surface area contributed by atoms with Crippen LogP contribution in [0, 0.1) is 5.92 Å². The van der Waals surface area contributed by atoms with Gasteiger partial charge >= 0.3 is 6.18 Å². The van der Waals surface area contributed by atoms with Gasteiger partial charge in [-0.3, -0.25) is 4.79 Å². The van der Waals surface area contributed by atoms with E-state index in [1.54, 1.807) is 47.1 Å². The van der Waals surface area contributed by atoms with E-state index in [9.17, 15) is 23.1 Å². The molecule has 1 amide bonds. The van der Waals surface area contributed by atoms with Crippen LogP contribution in [-0.2, 0) is 0 Å². The topological polar surface area (TPSA) is 75.9 Å². The SMILES string of the molecule is O=C(NC1CCC(CO)CC1)c1cn2cccc(-c3ccccc3OCC(F)(F)F)c2n1. The highest BCUT2D eigenvalue weighted by atomic mass is 19.4. The van der Waals surface area contributed by atoms with Crippen LogP contribution in [-0.4, -0.2) is 45.8 Å². The Morgan fingerprint density at radius 3 is 2.56 bits per heavy atom. The number of carbonyl (C=O) groups excluding carboxylic acids is 1. The van der Waals surface area contributed by atoms with Crippen molar-refractivity contribution in [2.45, 2.75) is 37.9 Å². The van der Waals surface area contributed by atoms with Crippen LogP contribution in [0.1, 0.15) is 36.2 Å². The zero-order chi connectivity index (χ0) is 22.7. The lowest BCUT2D eigenvalue weighted by molar-refractivity contribution is -0.153. The maximum atomic E-state index is 12.8. The molecule has 0 aliphatic heterocycles. The molecule has 1 aliphatic carbocycles. The number of nitrogens with one attached hydrogen (secondary N) is 1. The Hall–Kier alpha value is -3.07. The number of halogens is 3. The average Bonchev–Trinajstić information content (AvgIpc) is 3.23. The number of aromatic nitrogens is 2. The van der Waals surface area contributed by atoms with Crippen LogP contribution in [0.3, 0.4) is 0 Å². The summed E-state index contributed by atoms with van der Waals surface area (Å²) in [5.74, 6) is 0.0850. The molecule has 4 rings (SSSR count). The van der Waals surface area contributed by atoms with Crippen molar-refractivity contribution >= 4 is 11.6 Å². The third-order valence-corrected chi connectivity index (χ3v) is 5.72. The number of hydrogen-bond donors (Lipinski definition) is 2. The number of para-hydroxylation sites is 1. The summed E-state index contributed by atoms with van der Waals surface area (Å²) in [6.45, 7) is -1.22. The molecule has 0 saturated heterocycles. The Morgan fingerprint density at radius 1 is 1.12 bits per heavy atom. The summed E-state index contributed by atoms with van der Waals surface area (Å²) in [7, 11) is 0. The molecule has 2 N–H and O–H groups in total. The fourth-order valence-electron chi connectivity index (χ4n) is 4.06. The van der Waals surface area contributed by atoms with Crippen LogP contribution in [0.5, 0.6) is 5.75 Å². The first-order valence-corrected chi connectivity index (χ1v) is 10.5. The quantitative estimate of drug-likeness (QED) is 0.593. The van der Waals surface area contributed by atoms with Crippen molar-refractivity contribution in [1.82, 2.24) is 14.7 Å². The van der Waals surface area contributed by atoms with Gasteiger partial charge in [0.1, 0.15) is 17.1 Å². The molecule has 1 aliphatic rings. The van der Waals surface area contributed by atoms with Crippen LogP contribution in [0.25, 0.3) is 16.8 Å². The lowest BCUT2D eigenvalue weighted by Crippen LogP contribution is -2.38. The summed E-state index contributed by atoms with van der Waals surface area (Å²) in [5, 5.41) is 12.3. The smallest absolute Gasteiger partial charge is 0.422 e. The van der Waals surface area contributed by atoms with Crippen molar-refractivity contribution in [3.8, 4) is 16.9 Å². The van der Waals surface area contributed by atoms with Gasteiger partial charge in [0.2, 0.25) is 0 Å². The second-order valence-electron chi connectivity index (χ2n) is 8.05. The number of fused-ring (bicyclic) bond motifs is 1. The van der Waals surface area contributed by atoms with Crippen LogP contribution in [0.15, 0.2) is 48.8 Å². The third-order valence-electron chi connectivity index (χ3n) is 5.72. The number of aliphatic hydroxyl groups is 1. The molecule has 32 heavy (non-hydrogen) atoms. The zero-order valence-corrected chi connectivity index (χ0v) is 17.3. The summed E-state index contributed by atoms with van der Waals surface area (Å²) < 4.78 is 44.7. The molecule has 2 heterocycles. The molecule has 0 bridgehead atoms. The molecule has 0 unspecified atom stereocenters. The largest absolute Gasteiger partial charge is 0.483 e. The number of aliphatic hydroxyl groups excluding tert-OH is 1. The zero-order valence-electron chi connectivity index (χ0n) is 17.3. The molecule has 6 nitrogen and oxygen atoms in total. The molecular formula is C23H24F3N3O3. The number of nitrogens with zero attached hydrogens (tertiary/aromatic N) is 2. The number of imidazole rings is 1. The fourth-order valence-corrected chi connectivity index (χ4v) is 4.06. The molecule has 9 heteroatoms. The van der Waals surface area contributed by atoms with E-state index in [1.165, 1.54) is 6.07 Å². The summed E-state index contributed by atoms with van der Waals surface area (Å²) >= 11 is 0. The molecule has 1 fully saturated rings. The first-order valence-electron chi connectivity index (χ1n) is 10.5. The molecule has 0 spiro atoms. The van der Waals surface area contributed by atoms with Gasteiger partial charge in [0, 0.05) is 36.2 Å². The van der Waals surface area contributed by atoms with E-state index in [0.29, 0.717) is 22.7 Å². The fraction of sp³-hybridized carbons (Fsp3) is 0.391. The minimum Gasteiger partial charge on any atom is -0.483 e. The van der Waals surface area contributed by atoms with E-state index in [1.807, 2.05) is 0 Å². The Kier molecular flexibility index (Phi) is 6.36. The highest BCUT2D eigenvalue weighted by molar-refractivity contribution is 5.94. The van der Waals surface area contributed by atoms with Crippen molar-refractivity contribution in [1.29, 1.82) is 0 Å². The van der Waals surface area contributed by atoms with Crippen molar-refractivity contribution in [2.75, 3.05) is 13.2 Å². The summed E-state index contributed by atoms with van der Waals surface area (Å²) in [5.41, 5.74) is 1.70. The van der Waals surface area contributed by atoms with Gasteiger partial charge in [-0.25, -0.2) is 4.98 Å². The molecular weight excluding hydrogens is 423 g/mol. The highest BCUT2D eigenvalue weighted by Gasteiger charge is 2.29. The van der Waals surface area contributed by atoms with E-state index in [-0.39, 0.29) is 30.0 Å². The predicted molar refractivity (Wildman–Crippen MR) is 112 cm³/mol. The molecule has 3 aromatic rings. The number of hydrogen-bond acceptors (Lipinski definition) is 4. The van der Waals surface area contributed by atoms with E-state index >= 15 is 0 Å². The van der Waals surface area contributed by atoms with Gasteiger partial charge in [-0.2, -0.15) is 13.2 Å². The maximum absolute atomic E-state index is 12.8. The van der Waals surface area contributed by atoms with Gasteiger partial charge in [-0.1, -0.05) is 18.2 Å². The summed E-state index contributed by atoms with van der Waals surface area (Å²) in [4.78, 5) is 17.2. The first-order chi connectivity index (χ1) is 15.3. The second-order valence-corrected chi connectivity index (χ2v) is 8.05. The number of alkyl halides is 3. The highest BCUT2D eigenvalue weighted by Crippen LogP contribution is 2.33. The Balaban J connectivity index is 1.58. The van der Waals surface area contributed by atoms with E-state index in [0.717, 1.165) is 25.7 Å². The summed E-state index contributed by atoms with van der Waals surface area (Å²) in [6, 6.07) is 9.95. The van der Waals surface area contributed by atoms with E-state index in [2.05, 4.69) is 10.3 Å². The first kappa shape index (κ1) is 22.1. The van der Waals surface area contributed by atoms with Crippen LogP contribution >= 0.6 is 0 Å². The number of amides is 1. The minimum absolute atomic E-state index is 0.0334. The van der Waals surface area contributed by atoms with Crippen LogP contribution in [0.4, 0.5) is 13.2 Å². The average molecular weight is 447 g/mol. The van der Waals surface area contributed by atoms with Gasteiger partial charge in [0.05, 0.1) is 0 Å². The lowest BCUT2D eigenvalue weighted by atomic mass is 9.86. The monoisotopic (exact) mass is 447 g/mol. The number of ether oxygens (including phenoxy) is 1. The molecule has 0 radical (unpaired) electrons. The molecule has 1 saturated carbocycles. The van der Waals surface area contributed by atoms with Gasteiger partial charge in [-0.05, 0) is 49.8 Å². The number of carbonyl (C=O) groups is 1. The second kappa shape index (κ2) is 9.20. The number of pyridine rings is 1. The molecule has 170 valence electrons. The molecule has 2 aromatic heterocycles. The normalized spacial score (nSPS) is 19.1. The van der Waals surface area contributed by atoms with Crippen molar-refractivity contribution in [3.05, 3.63) is 54.5 Å². The lowest BCUT2D eigenvalue weighted by Gasteiger charge is -2.27. The van der Waals surface area contributed by atoms with E-state index in [4.69, 9.17) is 4.74 Å². The number of benzene rings is 1. The van der Waals surface area contributed by atoms with Crippen LogP contribution in [0.2, 0.25) is 0 Å². The Labute approximate surface area is 183 Å². The molecule has 0 atom stereocenters. The van der Waals surface area contributed by atoms with Crippen molar-refractivity contribution in [2.24, 2.45) is 5.92 Å².